The zero-order valence-electron chi connectivity index (χ0n) is 6.07. The van der Waals surface area contributed by atoms with Crippen molar-refractivity contribution >= 4 is 0 Å². The Morgan fingerprint density at radius 1 is 1.00 bits per heavy atom. The highest BCUT2D eigenvalue weighted by Gasteiger charge is 1.88. The highest BCUT2D eigenvalue weighted by Crippen LogP contribution is 1.99. The molecule has 56 valence electrons. The molecular weight excluding hydrogens is 134 g/mol. The molecule has 0 radical (unpaired) electrons. The van der Waals surface area contributed by atoms with Crippen LogP contribution in [0, 0.1) is 11.6 Å². The molecule has 0 aliphatic carbocycles. The van der Waals surface area contributed by atoms with Crippen molar-refractivity contribution in [2.24, 2.45) is 0 Å². The van der Waals surface area contributed by atoms with E-state index in [2.05, 4.69) is 0 Å². The van der Waals surface area contributed by atoms with Gasteiger partial charge in [0.15, 0.2) is 0 Å². The molecule has 1 rings (SSSR count). The predicted octanol–water partition coefficient (Wildman–Crippen LogP) is 2.99. The van der Waals surface area contributed by atoms with Gasteiger partial charge in [0.1, 0.15) is 11.6 Å². The van der Waals surface area contributed by atoms with Crippen molar-refractivity contribution in [3.8, 4) is 0 Å². The molecule has 1 aromatic carbocycles. The molecule has 0 atom stereocenters. The van der Waals surface area contributed by atoms with Crippen molar-refractivity contribution in [3.63, 3.8) is 0 Å². The highest BCUT2D eigenvalue weighted by atomic mass is 19.1. The van der Waals surface area contributed by atoms with E-state index in [0.717, 1.165) is 6.07 Å². The van der Waals surface area contributed by atoms with Gasteiger partial charge in [-0.25, -0.2) is 8.78 Å². The predicted molar refractivity (Wildman–Crippen MR) is 37.7 cm³/mol. The van der Waals surface area contributed by atoms with Crippen LogP contribution in [0.4, 0.5) is 8.78 Å². The summed E-state index contributed by atoms with van der Waals surface area (Å²) in [5.41, 5.74) is 0. The van der Waals surface area contributed by atoms with Crippen LogP contribution in [0.2, 0.25) is 0 Å². The van der Waals surface area contributed by atoms with Crippen molar-refractivity contribution in [1.82, 2.24) is 0 Å². The van der Waals surface area contributed by atoms with Crippen LogP contribution in [0.25, 0.3) is 0 Å². The minimum Gasteiger partial charge on any atom is -0.207 e. The molecule has 0 amide bonds. The van der Waals surface area contributed by atoms with Crippen LogP contribution < -0.4 is 0 Å². The first-order chi connectivity index (χ1) is 4.79. The van der Waals surface area contributed by atoms with E-state index in [4.69, 9.17) is 0 Å². The number of benzene rings is 1. The lowest BCUT2D eigenvalue weighted by Crippen LogP contribution is -1.73. The normalized spacial score (nSPS) is 8.00. The van der Waals surface area contributed by atoms with Crippen LogP contribution in [0.3, 0.4) is 0 Å². The van der Waals surface area contributed by atoms with Gasteiger partial charge in [-0.2, -0.15) is 0 Å². The van der Waals surface area contributed by atoms with E-state index >= 15 is 0 Å². The fraction of sp³-hybridized carbons (Fsp3) is 0.250. The van der Waals surface area contributed by atoms with Crippen LogP contribution >= 0.6 is 0 Å². The van der Waals surface area contributed by atoms with Gasteiger partial charge >= 0.3 is 0 Å². The van der Waals surface area contributed by atoms with Crippen LogP contribution in [0.1, 0.15) is 13.8 Å². The molecule has 0 fully saturated rings. The molecule has 0 saturated carbocycles. The zero-order chi connectivity index (χ0) is 7.98. The number of hydrogen-bond acceptors (Lipinski definition) is 0. The van der Waals surface area contributed by atoms with Gasteiger partial charge in [0.25, 0.3) is 0 Å². The number of hydrogen-bond donors (Lipinski definition) is 0. The second-order valence-corrected chi connectivity index (χ2v) is 1.44. The SMILES string of the molecule is CC.Fc1cccc(F)c1. The minimum atomic E-state index is -0.537. The first kappa shape index (κ1) is 9.08. The molecule has 0 aliphatic rings. The Morgan fingerprint density at radius 3 is 1.60 bits per heavy atom. The van der Waals surface area contributed by atoms with E-state index in [-0.39, 0.29) is 0 Å². The molecule has 10 heavy (non-hydrogen) atoms. The second kappa shape index (κ2) is 4.91. The standard InChI is InChI=1S/C6H4F2.C2H6/c7-5-2-1-3-6(8)4-5;1-2/h1-4H;1-2H3. The summed E-state index contributed by atoms with van der Waals surface area (Å²) >= 11 is 0. The lowest BCUT2D eigenvalue weighted by molar-refractivity contribution is 0.583. The van der Waals surface area contributed by atoms with Crippen molar-refractivity contribution in [2.75, 3.05) is 0 Å². The molecule has 0 bridgehead atoms. The summed E-state index contributed by atoms with van der Waals surface area (Å²) in [7, 11) is 0. The van der Waals surface area contributed by atoms with E-state index in [1.807, 2.05) is 13.8 Å². The first-order valence-corrected chi connectivity index (χ1v) is 3.20. The third-order valence-electron chi connectivity index (χ3n) is 0.787. The molecule has 0 heterocycles. The van der Waals surface area contributed by atoms with Crippen molar-refractivity contribution in [3.05, 3.63) is 35.9 Å². The summed E-state index contributed by atoms with van der Waals surface area (Å²) in [6, 6.07) is 4.55. The van der Waals surface area contributed by atoms with Gasteiger partial charge in [-0.15, -0.1) is 0 Å². The topological polar surface area (TPSA) is 0 Å². The van der Waals surface area contributed by atoms with Gasteiger partial charge in [0.05, 0.1) is 0 Å². The van der Waals surface area contributed by atoms with Gasteiger partial charge in [-0.3, -0.25) is 0 Å². The van der Waals surface area contributed by atoms with E-state index < -0.39 is 11.6 Å². The highest BCUT2D eigenvalue weighted by molar-refractivity contribution is 5.04. The number of rotatable bonds is 0. The van der Waals surface area contributed by atoms with Crippen LogP contribution in [-0.2, 0) is 0 Å². The summed E-state index contributed by atoms with van der Waals surface area (Å²) in [4.78, 5) is 0. The van der Waals surface area contributed by atoms with Gasteiger partial charge in [0, 0.05) is 6.07 Å². The summed E-state index contributed by atoms with van der Waals surface area (Å²) in [6.45, 7) is 4.00. The van der Waals surface area contributed by atoms with E-state index in [0.29, 0.717) is 0 Å². The van der Waals surface area contributed by atoms with Gasteiger partial charge in [-0.05, 0) is 12.1 Å². The van der Waals surface area contributed by atoms with E-state index in [1.165, 1.54) is 18.2 Å². The molecule has 2 heteroatoms. The van der Waals surface area contributed by atoms with Crippen molar-refractivity contribution in [2.45, 2.75) is 13.8 Å². The molecule has 0 aliphatic heterocycles. The maximum Gasteiger partial charge on any atom is 0.126 e. The van der Waals surface area contributed by atoms with Gasteiger partial charge in [-0.1, -0.05) is 19.9 Å². The maximum atomic E-state index is 11.9. The maximum absolute atomic E-state index is 11.9. The Bertz CT molecular complexity index is 167. The van der Waals surface area contributed by atoms with E-state index in [1.54, 1.807) is 0 Å². The average molecular weight is 144 g/mol. The number of halogens is 2. The Balaban J connectivity index is 0.000000371. The third kappa shape index (κ3) is 3.17. The zero-order valence-corrected chi connectivity index (χ0v) is 6.07. The van der Waals surface area contributed by atoms with Crippen molar-refractivity contribution < 1.29 is 8.78 Å². The summed E-state index contributed by atoms with van der Waals surface area (Å²) in [5, 5.41) is 0. The first-order valence-electron chi connectivity index (χ1n) is 3.20. The fourth-order valence-electron chi connectivity index (χ4n) is 0.460. The van der Waals surface area contributed by atoms with Crippen LogP contribution in [-0.4, -0.2) is 0 Å². The molecule has 1 aromatic rings. The third-order valence-corrected chi connectivity index (χ3v) is 0.787. The Labute approximate surface area is 59.5 Å². The van der Waals surface area contributed by atoms with Crippen LogP contribution in [0.15, 0.2) is 24.3 Å². The lowest BCUT2D eigenvalue weighted by Gasteiger charge is -1.84. The molecule has 0 spiro atoms. The lowest BCUT2D eigenvalue weighted by atomic mass is 10.3. The fourth-order valence-corrected chi connectivity index (χ4v) is 0.460. The Hall–Kier alpha value is -0.920. The second-order valence-electron chi connectivity index (χ2n) is 1.44. The summed E-state index contributed by atoms with van der Waals surface area (Å²) in [5.74, 6) is -1.07. The van der Waals surface area contributed by atoms with Crippen molar-refractivity contribution in [1.29, 1.82) is 0 Å². The molecule has 0 aromatic heterocycles. The molecule has 0 saturated heterocycles. The minimum absolute atomic E-state index is 0.537. The largest absolute Gasteiger partial charge is 0.207 e. The monoisotopic (exact) mass is 144 g/mol. The summed E-state index contributed by atoms with van der Waals surface area (Å²) in [6.07, 6.45) is 0. The van der Waals surface area contributed by atoms with Crippen LogP contribution in [0.5, 0.6) is 0 Å². The molecule has 0 N–H and O–H groups in total. The quantitative estimate of drug-likeness (QED) is 0.525. The summed E-state index contributed by atoms with van der Waals surface area (Å²) < 4.78 is 23.9. The van der Waals surface area contributed by atoms with Gasteiger partial charge < -0.3 is 0 Å². The van der Waals surface area contributed by atoms with E-state index in [9.17, 15) is 8.78 Å². The Morgan fingerprint density at radius 2 is 1.40 bits per heavy atom. The molecule has 0 unspecified atom stereocenters. The Kier molecular flexibility index (Phi) is 4.46. The smallest absolute Gasteiger partial charge is 0.126 e. The molecule has 0 nitrogen and oxygen atoms in total. The average Bonchev–Trinajstić information content (AvgIpc) is 1.91. The van der Waals surface area contributed by atoms with Gasteiger partial charge in [0.2, 0.25) is 0 Å². The molecular formula is C8H10F2.